The second-order valence-corrected chi connectivity index (χ2v) is 6.05. The van der Waals surface area contributed by atoms with E-state index < -0.39 is 11.4 Å². The number of aliphatic carboxylic acids is 1. The molecule has 0 radical (unpaired) electrons. The first-order valence-electron chi connectivity index (χ1n) is 7.21. The average Bonchev–Trinajstić information content (AvgIpc) is 2.46. The van der Waals surface area contributed by atoms with Crippen LogP contribution in [0.3, 0.4) is 0 Å². The number of rotatable bonds is 5. The summed E-state index contributed by atoms with van der Waals surface area (Å²) in [7, 11) is 0. The Morgan fingerprint density at radius 2 is 2.10 bits per heavy atom. The number of carboxylic acids is 1. The lowest BCUT2D eigenvalue weighted by molar-refractivity contribution is -0.147. The Hall–Kier alpha value is -2.10. The highest BCUT2D eigenvalue weighted by Gasteiger charge is 2.26. The first-order chi connectivity index (χ1) is 9.90. The maximum absolute atomic E-state index is 12.1. The second-order valence-electron chi connectivity index (χ2n) is 6.05. The average molecular weight is 287 g/mol. The van der Waals surface area contributed by atoms with Crippen molar-refractivity contribution >= 4 is 18.0 Å². The van der Waals surface area contributed by atoms with Gasteiger partial charge >= 0.3 is 5.97 Å². The highest BCUT2D eigenvalue weighted by molar-refractivity contribution is 5.94. The predicted molar refractivity (Wildman–Crippen MR) is 82.2 cm³/mol. The van der Waals surface area contributed by atoms with Crippen molar-refractivity contribution < 1.29 is 14.7 Å². The zero-order chi connectivity index (χ0) is 15.5. The molecule has 0 bridgehead atoms. The summed E-state index contributed by atoms with van der Waals surface area (Å²) in [5.74, 6) is -0.995. The van der Waals surface area contributed by atoms with E-state index in [2.05, 4.69) is 17.5 Å². The van der Waals surface area contributed by atoms with Crippen LogP contribution < -0.4 is 5.32 Å². The minimum Gasteiger partial charge on any atom is -0.481 e. The Morgan fingerprint density at radius 3 is 2.81 bits per heavy atom. The fourth-order valence-corrected chi connectivity index (χ4v) is 2.27. The molecule has 0 aliphatic heterocycles. The molecule has 4 heteroatoms. The first kappa shape index (κ1) is 15.3. The lowest BCUT2D eigenvalue weighted by Gasteiger charge is -2.19. The third-order valence-corrected chi connectivity index (χ3v) is 3.90. The monoisotopic (exact) mass is 287 g/mol. The maximum atomic E-state index is 12.1. The van der Waals surface area contributed by atoms with E-state index in [0.29, 0.717) is 18.5 Å². The molecule has 0 aromatic heterocycles. The zero-order valence-electron chi connectivity index (χ0n) is 12.5. The Morgan fingerprint density at radius 1 is 1.33 bits per heavy atom. The van der Waals surface area contributed by atoms with Gasteiger partial charge in [-0.15, -0.1) is 0 Å². The molecule has 1 aliphatic carbocycles. The van der Waals surface area contributed by atoms with Crippen LogP contribution in [0.15, 0.2) is 24.3 Å². The van der Waals surface area contributed by atoms with Crippen molar-refractivity contribution in [2.24, 2.45) is 5.41 Å². The number of allylic oxidation sites excluding steroid dienone is 1. The summed E-state index contributed by atoms with van der Waals surface area (Å²) in [5.41, 5.74) is 2.17. The molecule has 21 heavy (non-hydrogen) atoms. The number of carboxylic acid groups (broad SMARTS) is 1. The van der Waals surface area contributed by atoms with E-state index in [1.165, 1.54) is 11.1 Å². The third kappa shape index (κ3) is 3.72. The number of benzene rings is 1. The molecule has 0 saturated heterocycles. The SMILES string of the molecule is CC(C)(CCNC(=O)c1ccc2c(c1)CCC=C2)C(=O)O. The molecule has 0 spiro atoms. The van der Waals surface area contributed by atoms with Crippen LogP contribution in [0.4, 0.5) is 0 Å². The molecule has 1 aliphatic rings. The number of hydrogen-bond donors (Lipinski definition) is 2. The summed E-state index contributed by atoms with van der Waals surface area (Å²) in [6.07, 6.45) is 6.58. The summed E-state index contributed by atoms with van der Waals surface area (Å²) < 4.78 is 0. The van der Waals surface area contributed by atoms with Crippen molar-refractivity contribution in [3.8, 4) is 0 Å². The molecule has 1 aromatic rings. The second kappa shape index (κ2) is 6.12. The molecule has 1 aromatic carbocycles. The van der Waals surface area contributed by atoms with Crippen LogP contribution in [-0.2, 0) is 11.2 Å². The molecule has 0 atom stereocenters. The first-order valence-corrected chi connectivity index (χ1v) is 7.21. The molecule has 2 N–H and O–H groups in total. The Labute approximate surface area is 124 Å². The summed E-state index contributed by atoms with van der Waals surface area (Å²) in [6.45, 7) is 3.68. The number of amides is 1. The van der Waals surface area contributed by atoms with Gasteiger partial charge in [0.15, 0.2) is 0 Å². The molecule has 112 valence electrons. The quantitative estimate of drug-likeness (QED) is 0.875. The van der Waals surface area contributed by atoms with Gasteiger partial charge in [-0.3, -0.25) is 9.59 Å². The molecular formula is C17H21NO3. The zero-order valence-corrected chi connectivity index (χ0v) is 12.5. The van der Waals surface area contributed by atoms with Crippen molar-refractivity contribution in [2.45, 2.75) is 33.1 Å². The van der Waals surface area contributed by atoms with Crippen LogP contribution in [0, 0.1) is 5.41 Å². The van der Waals surface area contributed by atoms with E-state index in [9.17, 15) is 9.59 Å². The summed E-state index contributed by atoms with van der Waals surface area (Å²) >= 11 is 0. The van der Waals surface area contributed by atoms with Crippen molar-refractivity contribution in [3.63, 3.8) is 0 Å². The van der Waals surface area contributed by atoms with Crippen LogP contribution in [0.1, 0.15) is 48.2 Å². The summed E-state index contributed by atoms with van der Waals surface area (Å²) in [4.78, 5) is 23.1. The maximum Gasteiger partial charge on any atom is 0.309 e. The Bertz CT molecular complexity index is 588. The van der Waals surface area contributed by atoms with Crippen molar-refractivity contribution in [2.75, 3.05) is 6.54 Å². The lowest BCUT2D eigenvalue weighted by atomic mass is 9.89. The van der Waals surface area contributed by atoms with E-state index in [4.69, 9.17) is 5.11 Å². The lowest BCUT2D eigenvalue weighted by Crippen LogP contribution is -2.32. The van der Waals surface area contributed by atoms with Gasteiger partial charge in [0.1, 0.15) is 0 Å². The Balaban J connectivity index is 1.95. The smallest absolute Gasteiger partial charge is 0.309 e. The third-order valence-electron chi connectivity index (χ3n) is 3.90. The molecule has 0 heterocycles. The van der Waals surface area contributed by atoms with Gasteiger partial charge in [-0.05, 0) is 56.4 Å². The molecule has 0 unspecified atom stereocenters. The van der Waals surface area contributed by atoms with Gasteiger partial charge in [-0.1, -0.05) is 18.2 Å². The van der Waals surface area contributed by atoms with Crippen LogP contribution in [0.25, 0.3) is 6.08 Å². The predicted octanol–water partition coefficient (Wildman–Crippen LogP) is 2.88. The van der Waals surface area contributed by atoms with Gasteiger partial charge in [0.2, 0.25) is 0 Å². The normalized spacial score (nSPS) is 13.6. The van der Waals surface area contributed by atoms with E-state index in [-0.39, 0.29) is 5.91 Å². The minimum absolute atomic E-state index is 0.145. The van der Waals surface area contributed by atoms with Crippen LogP contribution in [-0.4, -0.2) is 23.5 Å². The van der Waals surface area contributed by atoms with Crippen molar-refractivity contribution in [1.82, 2.24) is 5.32 Å². The number of carbonyl (C=O) groups excluding carboxylic acids is 1. The summed E-state index contributed by atoms with van der Waals surface area (Å²) in [6, 6.07) is 5.70. The standard InChI is InChI=1S/C17H21NO3/c1-17(2,16(20)21)9-10-18-15(19)14-8-7-12-5-3-4-6-13(12)11-14/h3,5,7-8,11H,4,6,9-10H2,1-2H3,(H,18,19)(H,20,21). The molecule has 4 nitrogen and oxygen atoms in total. The highest BCUT2D eigenvalue weighted by atomic mass is 16.4. The molecular weight excluding hydrogens is 266 g/mol. The fraction of sp³-hybridized carbons (Fsp3) is 0.412. The van der Waals surface area contributed by atoms with Crippen LogP contribution >= 0.6 is 0 Å². The van der Waals surface area contributed by atoms with E-state index in [1.807, 2.05) is 18.2 Å². The van der Waals surface area contributed by atoms with Gasteiger partial charge in [-0.2, -0.15) is 0 Å². The van der Waals surface area contributed by atoms with Crippen molar-refractivity contribution in [3.05, 3.63) is 41.0 Å². The number of aryl methyl sites for hydroxylation is 1. The molecule has 0 saturated carbocycles. The van der Waals surface area contributed by atoms with Crippen LogP contribution in [0.5, 0.6) is 0 Å². The number of carbonyl (C=O) groups is 2. The van der Waals surface area contributed by atoms with E-state index in [1.54, 1.807) is 13.8 Å². The van der Waals surface area contributed by atoms with Crippen LogP contribution in [0.2, 0.25) is 0 Å². The fourth-order valence-electron chi connectivity index (χ4n) is 2.27. The largest absolute Gasteiger partial charge is 0.481 e. The van der Waals surface area contributed by atoms with Gasteiger partial charge in [0, 0.05) is 12.1 Å². The molecule has 1 amide bonds. The highest BCUT2D eigenvalue weighted by Crippen LogP contribution is 2.21. The summed E-state index contributed by atoms with van der Waals surface area (Å²) in [5, 5.41) is 11.8. The van der Waals surface area contributed by atoms with Gasteiger partial charge < -0.3 is 10.4 Å². The molecule has 2 rings (SSSR count). The van der Waals surface area contributed by atoms with Gasteiger partial charge in [0.25, 0.3) is 5.91 Å². The topological polar surface area (TPSA) is 66.4 Å². The van der Waals surface area contributed by atoms with E-state index in [0.717, 1.165) is 12.8 Å². The van der Waals surface area contributed by atoms with Crippen molar-refractivity contribution in [1.29, 1.82) is 0 Å². The minimum atomic E-state index is -0.850. The molecule has 0 fully saturated rings. The van der Waals surface area contributed by atoms with Gasteiger partial charge in [-0.25, -0.2) is 0 Å². The number of nitrogens with one attached hydrogen (secondary N) is 1. The number of hydrogen-bond acceptors (Lipinski definition) is 2. The Kier molecular flexibility index (Phi) is 4.46. The number of fused-ring (bicyclic) bond motifs is 1. The van der Waals surface area contributed by atoms with Gasteiger partial charge in [0.05, 0.1) is 5.41 Å². The van der Waals surface area contributed by atoms with E-state index >= 15 is 0 Å².